The molecule has 1 aliphatic heterocycles. The molecule has 1 aliphatic carbocycles. The van der Waals surface area contributed by atoms with E-state index in [1.165, 1.54) is 10.6 Å². The van der Waals surface area contributed by atoms with E-state index in [2.05, 4.69) is 4.98 Å². The molecular weight excluding hydrogens is 319 g/mol. The predicted octanol–water partition coefficient (Wildman–Crippen LogP) is 3.02. The third-order valence-electron chi connectivity index (χ3n) is 5.40. The highest BCUT2D eigenvalue weighted by Crippen LogP contribution is 2.52. The van der Waals surface area contributed by atoms with Crippen molar-refractivity contribution in [3.05, 3.63) is 39.7 Å². The smallest absolute Gasteiger partial charge is 0.261 e. The van der Waals surface area contributed by atoms with E-state index in [1.54, 1.807) is 6.92 Å². The minimum atomic E-state index is -2.73. The SMILES string of the molecule is C[C@@H](N)c1cc(F)cc2c(=O)n3c(nc12)[C@@]1(CC3)CCC(F)(F)C1. The van der Waals surface area contributed by atoms with Gasteiger partial charge in [0.15, 0.2) is 0 Å². The second kappa shape index (κ2) is 4.81. The lowest BCUT2D eigenvalue weighted by atomic mass is 9.84. The van der Waals surface area contributed by atoms with Crippen LogP contribution in [0.25, 0.3) is 10.9 Å². The lowest BCUT2D eigenvalue weighted by Crippen LogP contribution is -2.28. The average Bonchev–Trinajstić information content (AvgIpc) is 3.00. The molecule has 2 N–H and O–H groups in total. The van der Waals surface area contributed by atoms with E-state index in [0.717, 1.165) is 6.07 Å². The standard InChI is InChI=1S/C17H18F3N3O/c1-9(21)11-6-10(18)7-12-13(11)22-15-16(2-3-17(19,20)8-16)4-5-23(15)14(12)24/h6-7,9H,2-5,8,21H2,1H3/t9-,16-/m1/s1. The monoisotopic (exact) mass is 337 g/mol. The second-order valence-electron chi connectivity index (χ2n) is 7.14. The lowest BCUT2D eigenvalue weighted by molar-refractivity contribution is 0.00242. The van der Waals surface area contributed by atoms with Gasteiger partial charge >= 0.3 is 0 Å². The van der Waals surface area contributed by atoms with Gasteiger partial charge in [-0.1, -0.05) is 0 Å². The summed E-state index contributed by atoms with van der Waals surface area (Å²) >= 11 is 0. The number of rotatable bonds is 1. The van der Waals surface area contributed by atoms with Crippen molar-refractivity contribution in [1.29, 1.82) is 0 Å². The van der Waals surface area contributed by atoms with Gasteiger partial charge in [-0.3, -0.25) is 9.36 Å². The van der Waals surface area contributed by atoms with Crippen molar-refractivity contribution in [2.24, 2.45) is 5.73 Å². The Morgan fingerprint density at radius 2 is 2.04 bits per heavy atom. The van der Waals surface area contributed by atoms with Crippen molar-refractivity contribution < 1.29 is 13.2 Å². The maximum Gasteiger partial charge on any atom is 0.261 e. The number of nitrogens with two attached hydrogens (primary N) is 1. The van der Waals surface area contributed by atoms with E-state index in [0.29, 0.717) is 36.3 Å². The van der Waals surface area contributed by atoms with Crippen LogP contribution in [0.1, 0.15) is 50.0 Å². The molecule has 1 spiro atoms. The molecule has 2 atom stereocenters. The Morgan fingerprint density at radius 1 is 1.29 bits per heavy atom. The maximum absolute atomic E-state index is 13.9. The Morgan fingerprint density at radius 3 is 2.67 bits per heavy atom. The van der Waals surface area contributed by atoms with Crippen LogP contribution in [0.3, 0.4) is 0 Å². The van der Waals surface area contributed by atoms with E-state index < -0.39 is 23.2 Å². The zero-order valence-electron chi connectivity index (χ0n) is 13.3. The van der Waals surface area contributed by atoms with Gasteiger partial charge in [0.1, 0.15) is 11.6 Å². The van der Waals surface area contributed by atoms with Crippen LogP contribution in [0.5, 0.6) is 0 Å². The summed E-state index contributed by atoms with van der Waals surface area (Å²) in [4.78, 5) is 17.3. The molecule has 4 nitrogen and oxygen atoms in total. The molecule has 0 radical (unpaired) electrons. The van der Waals surface area contributed by atoms with Crippen LogP contribution in [0.4, 0.5) is 13.2 Å². The topological polar surface area (TPSA) is 60.9 Å². The van der Waals surface area contributed by atoms with Crippen molar-refractivity contribution >= 4 is 10.9 Å². The maximum atomic E-state index is 13.9. The second-order valence-corrected chi connectivity index (χ2v) is 7.14. The Kier molecular flexibility index (Phi) is 3.13. The van der Waals surface area contributed by atoms with Gasteiger partial charge in [0, 0.05) is 30.8 Å². The molecule has 24 heavy (non-hydrogen) atoms. The van der Waals surface area contributed by atoms with Gasteiger partial charge in [-0.15, -0.1) is 0 Å². The fourth-order valence-electron chi connectivity index (χ4n) is 4.21. The van der Waals surface area contributed by atoms with Crippen LogP contribution in [0, 0.1) is 5.82 Å². The van der Waals surface area contributed by atoms with Gasteiger partial charge in [0.25, 0.3) is 5.56 Å². The number of nitrogens with zero attached hydrogens (tertiary/aromatic N) is 2. The Balaban J connectivity index is 2.01. The van der Waals surface area contributed by atoms with Crippen LogP contribution in [-0.2, 0) is 12.0 Å². The van der Waals surface area contributed by atoms with Gasteiger partial charge in [-0.2, -0.15) is 0 Å². The number of hydrogen-bond acceptors (Lipinski definition) is 3. The molecular formula is C17H18F3N3O. The van der Waals surface area contributed by atoms with E-state index in [9.17, 15) is 18.0 Å². The van der Waals surface area contributed by atoms with E-state index in [1.807, 2.05) is 0 Å². The first-order valence-electron chi connectivity index (χ1n) is 8.10. The Bertz CT molecular complexity index is 906. The molecule has 0 bridgehead atoms. The number of hydrogen-bond donors (Lipinski definition) is 1. The van der Waals surface area contributed by atoms with Crippen LogP contribution < -0.4 is 11.3 Å². The van der Waals surface area contributed by atoms with Gasteiger partial charge in [0.05, 0.1) is 10.9 Å². The molecule has 1 aromatic carbocycles. The first kappa shape index (κ1) is 15.6. The van der Waals surface area contributed by atoms with Crippen molar-refractivity contribution in [1.82, 2.24) is 9.55 Å². The summed E-state index contributed by atoms with van der Waals surface area (Å²) in [6.07, 6.45) is 0.306. The van der Waals surface area contributed by atoms with Crippen molar-refractivity contribution in [2.45, 2.75) is 56.5 Å². The highest BCUT2D eigenvalue weighted by molar-refractivity contribution is 5.82. The van der Waals surface area contributed by atoms with Gasteiger partial charge in [-0.25, -0.2) is 18.2 Å². The van der Waals surface area contributed by atoms with E-state index >= 15 is 0 Å². The molecule has 1 saturated carbocycles. The molecule has 7 heteroatoms. The summed E-state index contributed by atoms with van der Waals surface area (Å²) in [6, 6.07) is 1.90. The molecule has 2 aliphatic rings. The van der Waals surface area contributed by atoms with Crippen LogP contribution in [0.15, 0.2) is 16.9 Å². The molecule has 2 heterocycles. The van der Waals surface area contributed by atoms with E-state index in [4.69, 9.17) is 5.73 Å². The largest absolute Gasteiger partial charge is 0.324 e. The quantitative estimate of drug-likeness (QED) is 0.870. The molecule has 1 fully saturated rings. The van der Waals surface area contributed by atoms with Gasteiger partial charge in [0.2, 0.25) is 5.92 Å². The lowest BCUT2D eigenvalue weighted by Gasteiger charge is -2.23. The Labute approximate surface area is 136 Å². The molecule has 2 aromatic rings. The zero-order chi connectivity index (χ0) is 17.3. The number of benzene rings is 1. The fourth-order valence-corrected chi connectivity index (χ4v) is 4.21. The van der Waals surface area contributed by atoms with Crippen LogP contribution in [0.2, 0.25) is 0 Å². The highest BCUT2D eigenvalue weighted by Gasteiger charge is 2.54. The minimum Gasteiger partial charge on any atom is -0.324 e. The predicted molar refractivity (Wildman–Crippen MR) is 83.7 cm³/mol. The summed E-state index contributed by atoms with van der Waals surface area (Å²) in [7, 11) is 0. The van der Waals surface area contributed by atoms with Crippen molar-refractivity contribution in [2.75, 3.05) is 0 Å². The number of alkyl halides is 2. The zero-order valence-corrected chi connectivity index (χ0v) is 13.3. The third kappa shape index (κ3) is 2.10. The molecule has 0 saturated heterocycles. The Hall–Kier alpha value is -1.89. The number of halogens is 3. The van der Waals surface area contributed by atoms with Crippen molar-refractivity contribution in [3.63, 3.8) is 0 Å². The van der Waals surface area contributed by atoms with E-state index in [-0.39, 0.29) is 23.8 Å². The number of fused-ring (bicyclic) bond motifs is 3. The fraction of sp³-hybridized carbons (Fsp3) is 0.529. The average molecular weight is 337 g/mol. The molecule has 4 rings (SSSR count). The summed E-state index contributed by atoms with van der Waals surface area (Å²) in [5.74, 6) is -2.87. The minimum absolute atomic E-state index is 0.160. The molecule has 1 aromatic heterocycles. The summed E-state index contributed by atoms with van der Waals surface area (Å²) in [5, 5.41) is 0.160. The van der Waals surface area contributed by atoms with Gasteiger partial charge < -0.3 is 5.73 Å². The molecule has 0 unspecified atom stereocenters. The van der Waals surface area contributed by atoms with Crippen LogP contribution >= 0.6 is 0 Å². The summed E-state index contributed by atoms with van der Waals surface area (Å²) in [6.45, 7) is 2.03. The highest BCUT2D eigenvalue weighted by atomic mass is 19.3. The normalized spacial score (nSPS) is 26.2. The summed E-state index contributed by atoms with van der Waals surface area (Å²) in [5.41, 5.74) is 5.52. The third-order valence-corrected chi connectivity index (χ3v) is 5.40. The first-order chi connectivity index (χ1) is 11.2. The molecule has 0 amide bonds. The van der Waals surface area contributed by atoms with Crippen molar-refractivity contribution in [3.8, 4) is 0 Å². The first-order valence-corrected chi connectivity index (χ1v) is 8.10. The summed E-state index contributed by atoms with van der Waals surface area (Å²) < 4.78 is 42.9. The van der Waals surface area contributed by atoms with Gasteiger partial charge in [-0.05, 0) is 37.5 Å². The number of aromatic nitrogens is 2. The molecule has 128 valence electrons. The van der Waals surface area contributed by atoms with Crippen LogP contribution in [-0.4, -0.2) is 15.5 Å².